The van der Waals surface area contributed by atoms with E-state index >= 15 is 0 Å². The molecule has 0 aliphatic carbocycles. The van der Waals surface area contributed by atoms with Gasteiger partial charge in [-0.2, -0.15) is 0 Å². The molecule has 0 N–H and O–H groups in total. The van der Waals surface area contributed by atoms with Crippen molar-refractivity contribution in [3.05, 3.63) is 95.6 Å². The monoisotopic (exact) mass is 594 g/mol. The first-order chi connectivity index (χ1) is 21.2. The van der Waals surface area contributed by atoms with Crippen molar-refractivity contribution in [3.8, 4) is 0 Å². The van der Waals surface area contributed by atoms with Crippen molar-refractivity contribution in [2.24, 2.45) is 0 Å². The largest absolute Gasteiger partial charge is 0.380 e. The molecule has 0 spiro atoms. The van der Waals surface area contributed by atoms with E-state index in [1.54, 1.807) is 14.2 Å². The number of hydrogen-bond acceptors (Lipinski definition) is 6. The molecule has 4 aliphatic heterocycles. The summed E-state index contributed by atoms with van der Waals surface area (Å²) >= 11 is 0. The summed E-state index contributed by atoms with van der Waals surface area (Å²) in [4.78, 5) is 36.8. The van der Waals surface area contributed by atoms with Gasteiger partial charge in [-0.1, -0.05) is 69.3 Å². The van der Waals surface area contributed by atoms with Gasteiger partial charge in [-0.3, -0.25) is 29.2 Å². The van der Waals surface area contributed by atoms with Gasteiger partial charge in [-0.15, -0.1) is 0 Å². The Morgan fingerprint density at radius 1 is 0.636 bits per heavy atom. The van der Waals surface area contributed by atoms with Gasteiger partial charge >= 0.3 is 0 Å². The van der Waals surface area contributed by atoms with Gasteiger partial charge < -0.3 is 9.47 Å². The quantitative estimate of drug-likeness (QED) is 0.388. The Morgan fingerprint density at radius 3 is 1.41 bits per heavy atom. The predicted molar refractivity (Wildman–Crippen MR) is 170 cm³/mol. The summed E-state index contributed by atoms with van der Waals surface area (Å²) in [5.41, 5.74) is 4.88. The molecule has 7 rings (SSSR count). The highest BCUT2D eigenvalue weighted by atomic mass is 16.5. The molecule has 4 fully saturated rings. The van der Waals surface area contributed by atoms with Crippen molar-refractivity contribution in [1.82, 2.24) is 9.80 Å². The fraction of sp³-hybridized carbons (Fsp3) is 0.444. The molecule has 0 bridgehead atoms. The van der Waals surface area contributed by atoms with Gasteiger partial charge in [0.15, 0.2) is 0 Å². The molecule has 0 radical (unpaired) electrons. The van der Waals surface area contributed by atoms with Gasteiger partial charge in [-0.25, -0.2) is 0 Å². The second-order valence-electron chi connectivity index (χ2n) is 13.6. The van der Waals surface area contributed by atoms with E-state index < -0.39 is 0 Å². The number of rotatable bonds is 6. The van der Waals surface area contributed by atoms with Crippen LogP contribution in [0.5, 0.6) is 0 Å². The Hall–Kier alpha value is -3.56. The number of carbonyl (C=O) groups excluding carboxylic acids is 2. The number of anilines is 2. The highest BCUT2D eigenvalue weighted by molar-refractivity contribution is 6.01. The van der Waals surface area contributed by atoms with Crippen LogP contribution in [-0.4, -0.2) is 73.2 Å². The van der Waals surface area contributed by atoms with Crippen molar-refractivity contribution in [1.29, 1.82) is 0 Å². The highest BCUT2D eigenvalue weighted by Crippen LogP contribution is 2.47. The fourth-order valence-electron chi connectivity index (χ4n) is 7.67. The third-order valence-electron chi connectivity index (χ3n) is 9.94. The summed E-state index contributed by atoms with van der Waals surface area (Å²) in [6, 6.07) is 26.3. The van der Waals surface area contributed by atoms with Crippen molar-refractivity contribution in [2.75, 3.05) is 37.1 Å². The Balaban J connectivity index is 1.40. The van der Waals surface area contributed by atoms with E-state index in [1.165, 1.54) is 5.56 Å². The molecule has 4 saturated heterocycles. The molecule has 2 amide bonds. The first-order valence-corrected chi connectivity index (χ1v) is 15.7. The lowest BCUT2D eigenvalue weighted by atomic mass is 9.84. The molecule has 3 aromatic rings. The van der Waals surface area contributed by atoms with Crippen molar-refractivity contribution in [3.63, 3.8) is 0 Å². The zero-order valence-corrected chi connectivity index (χ0v) is 26.2. The first kappa shape index (κ1) is 29.2. The zero-order chi connectivity index (χ0) is 30.7. The van der Waals surface area contributed by atoms with E-state index in [-0.39, 0.29) is 53.9 Å². The average molecular weight is 595 g/mol. The lowest BCUT2D eigenvalue weighted by Gasteiger charge is -2.35. The molecule has 8 nitrogen and oxygen atoms in total. The molecule has 4 aliphatic rings. The van der Waals surface area contributed by atoms with Crippen LogP contribution in [0.15, 0.2) is 78.9 Å². The minimum absolute atomic E-state index is 0.00648. The Labute approximate surface area is 260 Å². The summed E-state index contributed by atoms with van der Waals surface area (Å²) < 4.78 is 11.5. The lowest BCUT2D eigenvalue weighted by Crippen LogP contribution is -2.36. The minimum Gasteiger partial charge on any atom is -0.380 e. The summed E-state index contributed by atoms with van der Waals surface area (Å²) in [7, 11) is 3.46. The van der Waals surface area contributed by atoms with Gasteiger partial charge in [0.1, 0.15) is 12.3 Å². The smallest absolute Gasteiger partial charge is 0.246 e. The molecular weight excluding hydrogens is 552 g/mol. The second kappa shape index (κ2) is 11.1. The standard InChI is InChI=1S/C36H42N4O4/c1-36(2,3)25-17-23(32-37-21-28(43-4)19-30(37)34(41)39(32)26-12-8-6-9-13-26)16-24(18-25)33-38-22-29(44-5)20-31(38)35(42)40(33)27-14-10-7-11-15-27/h6-18,28-33H,19-22H2,1-5H3/t28-,29-,30+,31+,32+,33+/m1/s1. The van der Waals surface area contributed by atoms with E-state index in [0.29, 0.717) is 25.9 Å². The van der Waals surface area contributed by atoms with E-state index in [1.807, 2.05) is 70.5 Å². The van der Waals surface area contributed by atoms with Crippen molar-refractivity contribution >= 4 is 23.2 Å². The second-order valence-corrected chi connectivity index (χ2v) is 13.6. The van der Waals surface area contributed by atoms with Crippen LogP contribution < -0.4 is 9.80 Å². The van der Waals surface area contributed by atoms with Gasteiger partial charge in [0.05, 0.1) is 24.3 Å². The van der Waals surface area contributed by atoms with Crippen LogP contribution >= 0.6 is 0 Å². The molecule has 6 atom stereocenters. The average Bonchev–Trinajstić information content (AvgIpc) is 3.77. The summed E-state index contributed by atoms with van der Waals surface area (Å²) in [6.45, 7) is 8.02. The Morgan fingerprint density at radius 2 is 1.05 bits per heavy atom. The molecule has 4 heterocycles. The number of para-hydroxylation sites is 2. The number of amides is 2. The molecule has 230 valence electrons. The number of hydrogen-bond donors (Lipinski definition) is 0. The molecule has 3 aromatic carbocycles. The number of carbonyl (C=O) groups is 2. The number of methoxy groups -OCH3 is 2. The maximum atomic E-state index is 14.1. The molecule has 44 heavy (non-hydrogen) atoms. The van der Waals surface area contributed by atoms with Crippen LogP contribution in [0.3, 0.4) is 0 Å². The summed E-state index contributed by atoms with van der Waals surface area (Å²) in [5.74, 6) is 0.209. The van der Waals surface area contributed by atoms with Gasteiger partial charge in [0.2, 0.25) is 11.8 Å². The van der Waals surface area contributed by atoms with Crippen LogP contribution in [0.4, 0.5) is 11.4 Å². The third-order valence-corrected chi connectivity index (χ3v) is 9.94. The fourth-order valence-corrected chi connectivity index (χ4v) is 7.67. The van der Waals surface area contributed by atoms with Gasteiger partial charge in [0, 0.05) is 38.7 Å². The Kier molecular flexibility index (Phi) is 7.36. The maximum Gasteiger partial charge on any atom is 0.246 e. The minimum atomic E-state index is -0.292. The maximum absolute atomic E-state index is 14.1. The highest BCUT2D eigenvalue weighted by Gasteiger charge is 2.54. The number of fused-ring (bicyclic) bond motifs is 2. The number of nitrogens with zero attached hydrogens (tertiary/aromatic N) is 4. The molecular formula is C36H42N4O4. The van der Waals surface area contributed by atoms with Crippen LogP contribution in [0.2, 0.25) is 0 Å². The molecule has 0 aromatic heterocycles. The molecule has 8 heteroatoms. The van der Waals surface area contributed by atoms with Crippen molar-refractivity contribution < 1.29 is 19.1 Å². The predicted octanol–water partition coefficient (Wildman–Crippen LogP) is 5.25. The van der Waals surface area contributed by atoms with Gasteiger partial charge in [0.25, 0.3) is 0 Å². The van der Waals surface area contributed by atoms with E-state index in [4.69, 9.17) is 9.47 Å². The lowest BCUT2D eigenvalue weighted by molar-refractivity contribution is -0.120. The molecule has 0 saturated carbocycles. The van der Waals surface area contributed by atoms with E-state index in [9.17, 15) is 9.59 Å². The van der Waals surface area contributed by atoms with Crippen LogP contribution in [-0.2, 0) is 24.5 Å². The molecule has 0 unspecified atom stereocenters. The number of benzene rings is 3. The summed E-state index contributed by atoms with van der Waals surface area (Å²) in [6.07, 6.45) is 0.777. The zero-order valence-electron chi connectivity index (χ0n) is 26.2. The van der Waals surface area contributed by atoms with Gasteiger partial charge in [-0.05, 0) is 65.3 Å². The normalized spacial score (nSPS) is 29.1. The first-order valence-electron chi connectivity index (χ1n) is 15.7. The third kappa shape index (κ3) is 4.76. The summed E-state index contributed by atoms with van der Waals surface area (Å²) in [5, 5.41) is 0. The van der Waals surface area contributed by atoms with E-state index in [0.717, 1.165) is 22.5 Å². The topological polar surface area (TPSA) is 65.6 Å². The number of ether oxygens (including phenoxy) is 2. The van der Waals surface area contributed by atoms with Crippen molar-refractivity contribution in [2.45, 2.75) is 75.7 Å². The Bertz CT molecular complexity index is 1430. The van der Waals surface area contributed by atoms with Crippen LogP contribution in [0.1, 0.15) is 62.6 Å². The SMILES string of the molecule is CO[C@@H]1C[C@H]2C(=O)N(c3ccccc3)[C@@H](c3cc([C@@H]4N(c5ccccc5)C(=O)[C@@H]5C[C@@H](OC)CN45)cc(C(C)(C)C)c3)N2C1. The van der Waals surface area contributed by atoms with Crippen LogP contribution in [0, 0.1) is 0 Å². The van der Waals surface area contributed by atoms with Crippen LogP contribution in [0.25, 0.3) is 0 Å². The van der Waals surface area contributed by atoms with E-state index in [2.05, 4.69) is 48.8 Å².